The number of hydrogen-bond donors (Lipinski definition) is 1. The normalized spacial score (nSPS) is 15.2. The number of benzene rings is 2. The van der Waals surface area contributed by atoms with Gasteiger partial charge in [0.05, 0.1) is 9.82 Å². The average Bonchev–Trinajstić information content (AvgIpc) is 2.65. The lowest BCUT2D eigenvalue weighted by atomic mass is 9.89. The van der Waals surface area contributed by atoms with E-state index in [1.54, 1.807) is 6.92 Å². The number of nitrogens with one attached hydrogen (secondary N) is 1. The molecule has 0 bridgehead atoms. The molecule has 144 valence electrons. The van der Waals surface area contributed by atoms with Crippen LogP contribution in [-0.4, -0.2) is 13.3 Å². The van der Waals surface area contributed by atoms with Gasteiger partial charge in [-0.05, 0) is 61.3 Å². The second kappa shape index (κ2) is 7.78. The van der Waals surface area contributed by atoms with Crippen LogP contribution in [0.25, 0.3) is 0 Å². The van der Waals surface area contributed by atoms with Gasteiger partial charge in [0.1, 0.15) is 0 Å². The molecule has 3 rings (SSSR count). The second-order valence-corrected chi connectivity index (χ2v) is 8.71. The SMILES string of the molecule is CC[C@@H](NS(=O)(=O)c1cc([N+](=O)[O-])ccc1C)c1ccc2c(c1)CCCC2. The first-order chi connectivity index (χ1) is 12.8. The van der Waals surface area contributed by atoms with Crippen LogP contribution in [0.1, 0.15) is 54.5 Å². The first-order valence-electron chi connectivity index (χ1n) is 9.21. The summed E-state index contributed by atoms with van der Waals surface area (Å²) in [5.41, 5.74) is 3.82. The third-order valence-electron chi connectivity index (χ3n) is 5.15. The molecule has 6 nitrogen and oxygen atoms in total. The van der Waals surface area contributed by atoms with Crippen molar-refractivity contribution >= 4 is 15.7 Å². The van der Waals surface area contributed by atoms with Crippen LogP contribution in [0.4, 0.5) is 5.69 Å². The Morgan fingerprint density at radius 2 is 1.81 bits per heavy atom. The highest BCUT2D eigenvalue weighted by Gasteiger charge is 2.25. The number of hydrogen-bond acceptors (Lipinski definition) is 4. The minimum absolute atomic E-state index is 0.0480. The molecule has 0 aromatic heterocycles. The molecule has 0 spiro atoms. The zero-order chi connectivity index (χ0) is 19.6. The molecule has 2 aromatic carbocycles. The number of nitro groups is 1. The van der Waals surface area contributed by atoms with Crippen LogP contribution < -0.4 is 4.72 Å². The third-order valence-corrected chi connectivity index (χ3v) is 6.77. The van der Waals surface area contributed by atoms with Crippen molar-refractivity contribution in [3.8, 4) is 0 Å². The van der Waals surface area contributed by atoms with E-state index in [2.05, 4.69) is 16.9 Å². The van der Waals surface area contributed by atoms with Gasteiger partial charge in [0.25, 0.3) is 5.69 Å². The quantitative estimate of drug-likeness (QED) is 0.593. The van der Waals surface area contributed by atoms with Crippen molar-refractivity contribution in [2.45, 2.75) is 56.9 Å². The molecule has 1 aliphatic carbocycles. The highest BCUT2D eigenvalue weighted by atomic mass is 32.2. The average molecular weight is 388 g/mol. The smallest absolute Gasteiger partial charge is 0.258 e. The van der Waals surface area contributed by atoms with Crippen LogP contribution in [0, 0.1) is 17.0 Å². The van der Waals surface area contributed by atoms with E-state index in [0.29, 0.717) is 12.0 Å². The number of nitro benzene ring substituents is 1. The Morgan fingerprint density at radius 1 is 1.11 bits per heavy atom. The number of nitrogens with zero attached hydrogens (tertiary/aromatic N) is 1. The van der Waals surface area contributed by atoms with Crippen molar-refractivity contribution in [1.29, 1.82) is 0 Å². The van der Waals surface area contributed by atoms with Gasteiger partial charge in [-0.1, -0.05) is 31.2 Å². The van der Waals surface area contributed by atoms with Crippen LogP contribution in [0.15, 0.2) is 41.3 Å². The molecule has 0 heterocycles. The monoisotopic (exact) mass is 388 g/mol. The summed E-state index contributed by atoms with van der Waals surface area (Å²) >= 11 is 0. The van der Waals surface area contributed by atoms with Crippen molar-refractivity contribution in [3.05, 3.63) is 68.8 Å². The molecule has 1 atom stereocenters. The maximum Gasteiger partial charge on any atom is 0.270 e. The van der Waals surface area contributed by atoms with E-state index in [1.165, 1.54) is 29.7 Å². The Bertz CT molecular complexity index is 970. The van der Waals surface area contributed by atoms with E-state index in [4.69, 9.17) is 0 Å². The molecular formula is C20H24N2O4S. The van der Waals surface area contributed by atoms with E-state index in [9.17, 15) is 18.5 Å². The summed E-state index contributed by atoms with van der Waals surface area (Å²) in [5, 5.41) is 11.0. The number of fused-ring (bicyclic) bond motifs is 1. The number of aryl methyl sites for hydroxylation is 3. The summed E-state index contributed by atoms with van der Waals surface area (Å²) in [7, 11) is -3.88. The van der Waals surface area contributed by atoms with Gasteiger partial charge in [-0.2, -0.15) is 0 Å². The topological polar surface area (TPSA) is 89.3 Å². The maximum absolute atomic E-state index is 12.9. The van der Waals surface area contributed by atoms with Gasteiger partial charge in [-0.25, -0.2) is 13.1 Å². The minimum atomic E-state index is -3.88. The summed E-state index contributed by atoms with van der Waals surface area (Å²) in [5.74, 6) is 0. The number of non-ortho nitro benzene ring substituents is 1. The highest BCUT2D eigenvalue weighted by molar-refractivity contribution is 7.89. The molecule has 7 heteroatoms. The Hall–Kier alpha value is -2.25. The van der Waals surface area contributed by atoms with Gasteiger partial charge >= 0.3 is 0 Å². The predicted molar refractivity (Wildman–Crippen MR) is 104 cm³/mol. The summed E-state index contributed by atoms with van der Waals surface area (Å²) in [6, 6.07) is 9.71. The predicted octanol–water partition coefficient (Wildman–Crippen LogP) is 4.21. The van der Waals surface area contributed by atoms with E-state index < -0.39 is 14.9 Å². The standard InChI is InChI=1S/C20H24N2O4S/c1-3-19(17-10-9-15-6-4-5-7-16(15)12-17)21-27(25,26)20-13-18(22(23)24)11-8-14(20)2/h8-13,19,21H,3-7H2,1-2H3/t19-/m1/s1. The number of sulfonamides is 1. The van der Waals surface area contributed by atoms with Crippen LogP contribution in [0.5, 0.6) is 0 Å². The fourth-order valence-electron chi connectivity index (χ4n) is 3.60. The Morgan fingerprint density at radius 3 is 2.48 bits per heavy atom. The van der Waals surface area contributed by atoms with Crippen LogP contribution in [-0.2, 0) is 22.9 Å². The lowest BCUT2D eigenvalue weighted by molar-refractivity contribution is -0.385. The van der Waals surface area contributed by atoms with Gasteiger partial charge in [0.15, 0.2) is 0 Å². The third kappa shape index (κ3) is 4.20. The van der Waals surface area contributed by atoms with Crippen molar-refractivity contribution in [2.75, 3.05) is 0 Å². The highest BCUT2D eigenvalue weighted by Crippen LogP contribution is 2.28. The van der Waals surface area contributed by atoms with Crippen LogP contribution in [0.2, 0.25) is 0 Å². The molecule has 0 radical (unpaired) electrons. The molecule has 0 aliphatic heterocycles. The van der Waals surface area contributed by atoms with Gasteiger partial charge in [0.2, 0.25) is 10.0 Å². The van der Waals surface area contributed by atoms with Crippen molar-refractivity contribution in [3.63, 3.8) is 0 Å². The van der Waals surface area contributed by atoms with Gasteiger partial charge in [-0.15, -0.1) is 0 Å². The van der Waals surface area contributed by atoms with Crippen molar-refractivity contribution in [2.24, 2.45) is 0 Å². The molecule has 1 N–H and O–H groups in total. The van der Waals surface area contributed by atoms with Gasteiger partial charge in [-0.3, -0.25) is 10.1 Å². The lowest BCUT2D eigenvalue weighted by Crippen LogP contribution is -2.29. The molecular weight excluding hydrogens is 364 g/mol. The Balaban J connectivity index is 1.92. The molecule has 0 fully saturated rings. The number of rotatable bonds is 6. The minimum Gasteiger partial charge on any atom is -0.258 e. The van der Waals surface area contributed by atoms with E-state index in [1.807, 2.05) is 13.0 Å². The molecule has 1 aliphatic rings. The van der Waals surface area contributed by atoms with E-state index in [0.717, 1.165) is 30.9 Å². The molecule has 0 saturated carbocycles. The Labute approximate surface area is 159 Å². The molecule has 0 saturated heterocycles. The Kier molecular flexibility index (Phi) is 5.62. The zero-order valence-electron chi connectivity index (χ0n) is 15.6. The fourth-order valence-corrected chi connectivity index (χ4v) is 5.17. The summed E-state index contributed by atoms with van der Waals surface area (Å²) in [6.07, 6.45) is 5.04. The summed E-state index contributed by atoms with van der Waals surface area (Å²) in [6.45, 7) is 3.56. The molecule has 2 aromatic rings. The summed E-state index contributed by atoms with van der Waals surface area (Å²) < 4.78 is 28.6. The molecule has 0 unspecified atom stereocenters. The second-order valence-electron chi connectivity index (χ2n) is 7.02. The van der Waals surface area contributed by atoms with Crippen LogP contribution >= 0.6 is 0 Å². The maximum atomic E-state index is 12.9. The fraction of sp³-hybridized carbons (Fsp3) is 0.400. The van der Waals surface area contributed by atoms with Crippen molar-refractivity contribution in [1.82, 2.24) is 4.72 Å². The largest absolute Gasteiger partial charge is 0.270 e. The lowest BCUT2D eigenvalue weighted by Gasteiger charge is -2.22. The molecule has 27 heavy (non-hydrogen) atoms. The first-order valence-corrected chi connectivity index (χ1v) is 10.7. The van der Waals surface area contributed by atoms with E-state index >= 15 is 0 Å². The first kappa shape index (κ1) is 19.5. The van der Waals surface area contributed by atoms with Crippen LogP contribution in [0.3, 0.4) is 0 Å². The van der Waals surface area contributed by atoms with Gasteiger partial charge in [0, 0.05) is 18.2 Å². The van der Waals surface area contributed by atoms with Gasteiger partial charge < -0.3 is 0 Å². The zero-order valence-corrected chi connectivity index (χ0v) is 16.4. The summed E-state index contributed by atoms with van der Waals surface area (Å²) in [4.78, 5) is 10.4. The van der Waals surface area contributed by atoms with E-state index in [-0.39, 0.29) is 16.6 Å². The molecule has 0 amide bonds. The van der Waals surface area contributed by atoms with Crippen molar-refractivity contribution < 1.29 is 13.3 Å².